The molecule has 3 atom stereocenters. The van der Waals surface area contributed by atoms with Gasteiger partial charge in [0.05, 0.1) is 55.0 Å². The first-order valence-electron chi connectivity index (χ1n) is 19.4. The molecule has 1 amide bonds. The molecule has 302 valence electrons. The van der Waals surface area contributed by atoms with Crippen LogP contribution in [0.4, 0.5) is 20.0 Å². The number of fused-ring (bicyclic) bond motifs is 4. The summed E-state index contributed by atoms with van der Waals surface area (Å²) in [5.41, 5.74) is 4.44. The van der Waals surface area contributed by atoms with Crippen LogP contribution in [0.2, 0.25) is 0 Å². The van der Waals surface area contributed by atoms with Crippen molar-refractivity contribution in [1.29, 1.82) is 5.26 Å². The lowest BCUT2D eigenvalue weighted by atomic mass is 9.95. The summed E-state index contributed by atoms with van der Waals surface area (Å²) in [5.74, 6) is 1.95. The number of anilines is 2. The summed E-state index contributed by atoms with van der Waals surface area (Å²) in [7, 11) is 3.27. The maximum atomic E-state index is 15.9. The number of rotatable bonds is 10. The number of benzene rings is 3. The lowest BCUT2D eigenvalue weighted by Gasteiger charge is -2.42. The third kappa shape index (κ3) is 7.87. The van der Waals surface area contributed by atoms with E-state index in [1.165, 1.54) is 29.2 Å². The van der Waals surface area contributed by atoms with Crippen LogP contribution in [0.3, 0.4) is 0 Å². The van der Waals surface area contributed by atoms with E-state index in [1.807, 2.05) is 80.5 Å². The molecule has 11 nitrogen and oxygen atoms in total. The van der Waals surface area contributed by atoms with Crippen molar-refractivity contribution in [3.05, 3.63) is 100.0 Å². The summed E-state index contributed by atoms with van der Waals surface area (Å²) in [6.45, 7) is 8.18. The minimum absolute atomic E-state index is 0.0212. The SMILES string of the molecule is COc1ccc(CN(Cc2ccc(OC)cc2)c2sc3c(F)ccc(C4Cc5nc(SC)nc(N6C[C@H]7CC[C@@H](C6)N7C(=O)OC(C)(C)C)c5CO4)c3c2C#N)cc1. The van der Waals surface area contributed by atoms with E-state index in [4.69, 9.17) is 28.9 Å². The van der Waals surface area contributed by atoms with Gasteiger partial charge in [0.2, 0.25) is 0 Å². The van der Waals surface area contributed by atoms with E-state index in [9.17, 15) is 10.1 Å². The molecule has 0 spiro atoms. The molecule has 3 aliphatic rings. The Morgan fingerprint density at radius 3 is 2.16 bits per heavy atom. The van der Waals surface area contributed by atoms with Gasteiger partial charge < -0.3 is 28.7 Å². The number of aromatic nitrogens is 2. The first-order valence-corrected chi connectivity index (χ1v) is 21.5. The Hall–Kier alpha value is -5.10. The number of thiophene rings is 1. The second kappa shape index (κ2) is 16.3. The molecule has 2 fully saturated rings. The standard InChI is InChI=1S/C44H47FN6O5S2/c1-44(2,3)56-43(52)51-28-11-12-29(51)24-49(23-28)40-34-25-55-37(19-36(34)47-42(48-40)57-6)32-17-18-35(45)39-38(32)33(20-46)41(58-39)50(21-26-7-13-30(53-4)14-8-26)22-27-9-15-31(54-5)16-10-27/h7-10,13-18,28-29,37H,11-12,19,21-25H2,1-6H3/t28-,29+,37?. The fraction of sp³-hybridized carbons (Fsp3) is 0.409. The van der Waals surface area contributed by atoms with Crippen LogP contribution in [-0.2, 0) is 35.6 Å². The normalized spacial score (nSPS) is 18.8. The lowest BCUT2D eigenvalue weighted by Crippen LogP contribution is -2.57. The molecule has 5 aromatic rings. The number of carbonyl (C=O) groups is 1. The van der Waals surface area contributed by atoms with Crippen LogP contribution in [0.1, 0.15) is 73.2 Å². The van der Waals surface area contributed by atoms with Crippen molar-refractivity contribution in [1.82, 2.24) is 14.9 Å². The fourth-order valence-electron chi connectivity index (χ4n) is 8.35. The average molecular weight is 823 g/mol. The second-order valence-corrected chi connectivity index (χ2v) is 17.7. The van der Waals surface area contributed by atoms with Crippen molar-refractivity contribution in [2.75, 3.05) is 43.4 Å². The van der Waals surface area contributed by atoms with Gasteiger partial charge in [0.1, 0.15) is 39.8 Å². The molecule has 5 heterocycles. The van der Waals surface area contributed by atoms with E-state index in [0.29, 0.717) is 58.4 Å². The van der Waals surface area contributed by atoms with Crippen LogP contribution in [0.5, 0.6) is 11.5 Å². The predicted molar refractivity (Wildman–Crippen MR) is 225 cm³/mol. The van der Waals surface area contributed by atoms with Crippen LogP contribution in [-0.4, -0.2) is 72.2 Å². The predicted octanol–water partition coefficient (Wildman–Crippen LogP) is 9.05. The van der Waals surface area contributed by atoms with Gasteiger partial charge in [-0.2, -0.15) is 5.26 Å². The minimum Gasteiger partial charge on any atom is -0.497 e. The van der Waals surface area contributed by atoms with E-state index in [-0.39, 0.29) is 30.6 Å². The zero-order valence-electron chi connectivity index (χ0n) is 33.6. The molecule has 0 radical (unpaired) electrons. The van der Waals surface area contributed by atoms with Gasteiger partial charge in [-0.15, -0.1) is 11.3 Å². The molecular formula is C44H47FN6O5S2. The fourth-order valence-corrected chi connectivity index (χ4v) is 9.92. The Bertz CT molecular complexity index is 2300. The second-order valence-electron chi connectivity index (χ2n) is 15.9. The Morgan fingerprint density at radius 1 is 0.983 bits per heavy atom. The van der Waals surface area contributed by atoms with Crippen molar-refractivity contribution in [2.45, 2.75) is 88.7 Å². The number of methoxy groups -OCH3 is 2. The van der Waals surface area contributed by atoms with Gasteiger partial charge in [0.15, 0.2) is 5.16 Å². The Kier molecular flexibility index (Phi) is 11.1. The number of ether oxygens (including phenoxy) is 4. The number of thioether (sulfide) groups is 1. The minimum atomic E-state index is -0.566. The largest absolute Gasteiger partial charge is 0.497 e. The summed E-state index contributed by atoms with van der Waals surface area (Å²) in [6.07, 6.45) is 3.48. The number of hydrogen-bond donors (Lipinski definition) is 0. The van der Waals surface area contributed by atoms with Gasteiger partial charge in [-0.25, -0.2) is 19.2 Å². The Morgan fingerprint density at radius 2 is 1.60 bits per heavy atom. The molecule has 14 heteroatoms. The van der Waals surface area contributed by atoms with Crippen molar-refractivity contribution in [2.24, 2.45) is 0 Å². The molecule has 2 bridgehead atoms. The summed E-state index contributed by atoms with van der Waals surface area (Å²) in [5, 5.41) is 12.8. The van der Waals surface area contributed by atoms with Crippen LogP contribution in [0, 0.1) is 17.1 Å². The Labute approximate surface area is 346 Å². The molecule has 1 unspecified atom stereocenters. The van der Waals surface area contributed by atoms with Gasteiger partial charge >= 0.3 is 6.09 Å². The topological polar surface area (TPSA) is 113 Å². The third-order valence-electron chi connectivity index (χ3n) is 11.0. The number of halogens is 1. The van der Waals surface area contributed by atoms with Gasteiger partial charge in [0.25, 0.3) is 0 Å². The van der Waals surface area contributed by atoms with Gasteiger partial charge in [0, 0.05) is 43.5 Å². The monoisotopic (exact) mass is 822 g/mol. The van der Waals surface area contributed by atoms with Crippen molar-refractivity contribution >= 4 is 50.1 Å². The maximum absolute atomic E-state index is 15.9. The van der Waals surface area contributed by atoms with Crippen LogP contribution >= 0.6 is 23.1 Å². The number of hydrogen-bond acceptors (Lipinski definition) is 12. The Balaban J connectivity index is 1.12. The highest BCUT2D eigenvalue weighted by Crippen LogP contribution is 2.46. The lowest BCUT2D eigenvalue weighted by molar-refractivity contribution is 0.0118. The molecular weight excluding hydrogens is 776 g/mol. The van der Waals surface area contributed by atoms with Crippen LogP contribution in [0.15, 0.2) is 65.8 Å². The van der Waals surface area contributed by atoms with Crippen LogP contribution < -0.4 is 19.3 Å². The number of amides is 1. The summed E-state index contributed by atoms with van der Waals surface area (Å²) in [6, 6.07) is 21.4. The molecule has 3 aliphatic heterocycles. The molecule has 0 N–H and O–H groups in total. The van der Waals surface area contributed by atoms with E-state index >= 15 is 4.39 Å². The van der Waals surface area contributed by atoms with Crippen LogP contribution in [0.25, 0.3) is 10.1 Å². The summed E-state index contributed by atoms with van der Waals surface area (Å²) < 4.78 is 39.6. The molecule has 2 saturated heterocycles. The molecule has 58 heavy (non-hydrogen) atoms. The number of nitriles is 1. The van der Waals surface area contributed by atoms with Crippen molar-refractivity contribution in [3.63, 3.8) is 0 Å². The molecule has 0 aliphatic carbocycles. The van der Waals surface area contributed by atoms with E-state index in [0.717, 1.165) is 58.1 Å². The third-order valence-corrected chi connectivity index (χ3v) is 12.8. The molecule has 0 saturated carbocycles. The summed E-state index contributed by atoms with van der Waals surface area (Å²) >= 11 is 2.77. The van der Waals surface area contributed by atoms with Crippen molar-refractivity contribution < 1.29 is 28.1 Å². The molecule has 3 aromatic carbocycles. The van der Waals surface area contributed by atoms with Gasteiger partial charge in [-0.05, 0) is 86.9 Å². The maximum Gasteiger partial charge on any atom is 0.410 e. The quantitative estimate of drug-likeness (QED) is 0.0994. The zero-order chi connectivity index (χ0) is 40.7. The van der Waals surface area contributed by atoms with Gasteiger partial charge in [-0.3, -0.25) is 4.90 Å². The first-order chi connectivity index (χ1) is 28.0. The van der Waals surface area contributed by atoms with E-state index < -0.39 is 11.7 Å². The highest BCUT2D eigenvalue weighted by molar-refractivity contribution is 7.98. The summed E-state index contributed by atoms with van der Waals surface area (Å²) in [4.78, 5) is 29.5. The zero-order valence-corrected chi connectivity index (χ0v) is 35.2. The average Bonchev–Trinajstić information content (AvgIpc) is 3.75. The highest BCUT2D eigenvalue weighted by Gasteiger charge is 2.45. The first kappa shape index (κ1) is 39.7. The molecule has 8 rings (SSSR count). The van der Waals surface area contributed by atoms with Gasteiger partial charge in [-0.1, -0.05) is 42.1 Å². The smallest absolute Gasteiger partial charge is 0.410 e. The van der Waals surface area contributed by atoms with Crippen molar-refractivity contribution in [3.8, 4) is 17.6 Å². The van der Waals surface area contributed by atoms with E-state index in [2.05, 4.69) is 15.9 Å². The van der Waals surface area contributed by atoms with E-state index in [1.54, 1.807) is 20.3 Å². The molecule has 2 aromatic heterocycles. The number of piperazine rings is 1. The highest BCUT2D eigenvalue weighted by atomic mass is 32.2. The number of nitrogens with zero attached hydrogens (tertiary/aromatic N) is 6. The number of carbonyl (C=O) groups excluding carboxylic acids is 1.